The van der Waals surface area contributed by atoms with Gasteiger partial charge >= 0.3 is 0 Å². The van der Waals surface area contributed by atoms with E-state index >= 15 is 0 Å². The molecule has 2 heterocycles. The summed E-state index contributed by atoms with van der Waals surface area (Å²) < 4.78 is 0. The highest BCUT2D eigenvalue weighted by Crippen LogP contribution is 2.06. The molecule has 1 aromatic heterocycles. The Morgan fingerprint density at radius 2 is 2.14 bits per heavy atom. The molecule has 0 spiro atoms. The van der Waals surface area contributed by atoms with Crippen LogP contribution in [-0.4, -0.2) is 23.5 Å². The molecule has 0 atom stereocenters. The van der Waals surface area contributed by atoms with E-state index in [2.05, 4.69) is 49.1 Å². The van der Waals surface area contributed by atoms with Crippen molar-refractivity contribution in [2.75, 3.05) is 13.6 Å². The standard InChI is InChI=1S/C12H16N2/c1-9(2)12-6-11-8-14(3)5-4-10(11)7-13-12/h4,6-9H,5H2,1-3H3. The number of hydrogen-bond acceptors (Lipinski definition) is 2. The molecule has 2 rings (SSSR count). The monoisotopic (exact) mass is 188 g/mol. The van der Waals surface area contributed by atoms with E-state index in [1.807, 2.05) is 6.20 Å². The van der Waals surface area contributed by atoms with E-state index in [4.69, 9.17) is 0 Å². The van der Waals surface area contributed by atoms with Crippen LogP contribution in [0.15, 0.2) is 12.3 Å². The second-order valence-electron chi connectivity index (χ2n) is 4.17. The molecule has 0 aromatic carbocycles. The lowest BCUT2D eigenvalue weighted by Gasteiger charge is -2.15. The minimum absolute atomic E-state index is 0.501. The van der Waals surface area contributed by atoms with Crippen LogP contribution >= 0.6 is 0 Å². The Balaban J connectivity index is 2.59. The maximum absolute atomic E-state index is 4.45. The van der Waals surface area contributed by atoms with Crippen molar-refractivity contribution >= 4 is 12.3 Å². The third-order valence-electron chi connectivity index (χ3n) is 2.54. The van der Waals surface area contributed by atoms with Gasteiger partial charge in [0.2, 0.25) is 0 Å². The molecule has 1 aliphatic heterocycles. The Morgan fingerprint density at radius 1 is 1.36 bits per heavy atom. The second kappa shape index (κ2) is 3.45. The molecule has 2 nitrogen and oxygen atoms in total. The highest BCUT2D eigenvalue weighted by Gasteiger charge is 2.02. The molecule has 0 saturated carbocycles. The van der Waals surface area contributed by atoms with Gasteiger partial charge in [0, 0.05) is 36.9 Å². The summed E-state index contributed by atoms with van der Waals surface area (Å²) in [6.07, 6.45) is 6.38. The summed E-state index contributed by atoms with van der Waals surface area (Å²) in [4.78, 5) is 6.63. The lowest BCUT2D eigenvalue weighted by atomic mass is 10.1. The van der Waals surface area contributed by atoms with E-state index in [1.54, 1.807) is 0 Å². The molecule has 0 bridgehead atoms. The molecule has 74 valence electrons. The van der Waals surface area contributed by atoms with Crippen molar-refractivity contribution in [3.05, 3.63) is 28.4 Å². The average Bonchev–Trinajstić information content (AvgIpc) is 2.16. The van der Waals surface area contributed by atoms with Gasteiger partial charge in [0.05, 0.1) is 0 Å². The number of nitrogens with zero attached hydrogens (tertiary/aromatic N) is 2. The fraction of sp³-hybridized carbons (Fsp3) is 0.417. The molecule has 0 N–H and O–H groups in total. The first-order valence-corrected chi connectivity index (χ1v) is 5.05. The third kappa shape index (κ3) is 1.65. The first kappa shape index (κ1) is 9.25. The summed E-state index contributed by atoms with van der Waals surface area (Å²) in [6.45, 7) is 5.33. The maximum atomic E-state index is 4.45. The normalized spacial score (nSPS) is 14.7. The fourth-order valence-corrected chi connectivity index (χ4v) is 1.63. The van der Waals surface area contributed by atoms with E-state index < -0.39 is 0 Å². The van der Waals surface area contributed by atoms with E-state index in [1.165, 1.54) is 16.1 Å². The quantitative estimate of drug-likeness (QED) is 0.644. The van der Waals surface area contributed by atoms with Crippen LogP contribution in [0.3, 0.4) is 0 Å². The van der Waals surface area contributed by atoms with Gasteiger partial charge in [0.15, 0.2) is 0 Å². The van der Waals surface area contributed by atoms with Crippen LogP contribution < -0.4 is 10.4 Å². The van der Waals surface area contributed by atoms with Gasteiger partial charge in [0.1, 0.15) is 0 Å². The topological polar surface area (TPSA) is 16.1 Å². The zero-order chi connectivity index (χ0) is 10.1. The van der Waals surface area contributed by atoms with Crippen LogP contribution in [0, 0.1) is 0 Å². The molecule has 0 amide bonds. The zero-order valence-electron chi connectivity index (χ0n) is 8.99. The molecule has 2 heteroatoms. The van der Waals surface area contributed by atoms with Crippen molar-refractivity contribution in [3.8, 4) is 0 Å². The van der Waals surface area contributed by atoms with E-state index in [0.717, 1.165) is 6.54 Å². The fourth-order valence-electron chi connectivity index (χ4n) is 1.63. The SMILES string of the molecule is CC(C)c1cc2c(cn1)=CCN(C)C=2. The van der Waals surface area contributed by atoms with Crippen molar-refractivity contribution in [1.29, 1.82) is 0 Å². The summed E-state index contributed by atoms with van der Waals surface area (Å²) in [6, 6.07) is 2.19. The smallest absolute Gasteiger partial charge is 0.0435 e. The van der Waals surface area contributed by atoms with Gasteiger partial charge in [-0.2, -0.15) is 0 Å². The first-order chi connectivity index (χ1) is 6.66. The summed E-state index contributed by atoms with van der Waals surface area (Å²) in [5.74, 6) is 0.501. The molecule has 0 fully saturated rings. The number of pyridine rings is 1. The van der Waals surface area contributed by atoms with Crippen molar-refractivity contribution in [3.63, 3.8) is 0 Å². The van der Waals surface area contributed by atoms with Crippen LogP contribution in [0.25, 0.3) is 12.3 Å². The zero-order valence-corrected chi connectivity index (χ0v) is 8.99. The molecular weight excluding hydrogens is 172 g/mol. The highest BCUT2D eigenvalue weighted by molar-refractivity contribution is 5.37. The number of aromatic nitrogens is 1. The summed E-state index contributed by atoms with van der Waals surface area (Å²) in [7, 11) is 2.09. The number of fused-ring (bicyclic) bond motifs is 1. The Labute approximate surface area is 84.6 Å². The van der Waals surface area contributed by atoms with Gasteiger partial charge in [-0.05, 0) is 17.2 Å². The van der Waals surface area contributed by atoms with Crippen LogP contribution in [-0.2, 0) is 0 Å². The predicted octanol–water partition coefficient (Wildman–Crippen LogP) is 0.669. The van der Waals surface area contributed by atoms with E-state index in [-0.39, 0.29) is 0 Å². The molecule has 1 aromatic rings. The first-order valence-electron chi connectivity index (χ1n) is 5.05. The van der Waals surface area contributed by atoms with Gasteiger partial charge < -0.3 is 4.90 Å². The maximum Gasteiger partial charge on any atom is 0.0435 e. The predicted molar refractivity (Wildman–Crippen MR) is 59.1 cm³/mol. The number of rotatable bonds is 1. The van der Waals surface area contributed by atoms with E-state index in [9.17, 15) is 0 Å². The van der Waals surface area contributed by atoms with Gasteiger partial charge in [-0.3, -0.25) is 4.98 Å². The van der Waals surface area contributed by atoms with Gasteiger partial charge in [-0.25, -0.2) is 0 Å². The van der Waals surface area contributed by atoms with Crippen molar-refractivity contribution in [1.82, 2.24) is 9.88 Å². The summed E-state index contributed by atoms with van der Waals surface area (Å²) in [5.41, 5.74) is 1.17. The van der Waals surface area contributed by atoms with Crippen LogP contribution in [0.1, 0.15) is 25.5 Å². The summed E-state index contributed by atoms with van der Waals surface area (Å²) >= 11 is 0. The van der Waals surface area contributed by atoms with Gasteiger partial charge in [-0.1, -0.05) is 19.9 Å². The van der Waals surface area contributed by atoms with Crippen LogP contribution in [0.4, 0.5) is 0 Å². The van der Waals surface area contributed by atoms with Gasteiger partial charge in [-0.15, -0.1) is 0 Å². The molecule has 14 heavy (non-hydrogen) atoms. The molecule has 0 radical (unpaired) electrons. The lowest BCUT2D eigenvalue weighted by Crippen LogP contribution is -2.34. The van der Waals surface area contributed by atoms with Crippen LogP contribution in [0.2, 0.25) is 0 Å². The minimum Gasteiger partial charge on any atom is -0.376 e. The Kier molecular flexibility index (Phi) is 2.28. The lowest BCUT2D eigenvalue weighted by molar-refractivity contribution is 0.563. The average molecular weight is 188 g/mol. The van der Waals surface area contributed by atoms with Crippen molar-refractivity contribution in [2.24, 2.45) is 0 Å². The van der Waals surface area contributed by atoms with Crippen molar-refractivity contribution < 1.29 is 0 Å². The molecule has 0 saturated heterocycles. The Morgan fingerprint density at radius 3 is 2.86 bits per heavy atom. The van der Waals surface area contributed by atoms with E-state index in [0.29, 0.717) is 5.92 Å². The Bertz CT molecular complexity index is 446. The minimum atomic E-state index is 0.501. The molecular formula is C12H16N2. The highest BCUT2D eigenvalue weighted by atomic mass is 15.1. The summed E-state index contributed by atoms with van der Waals surface area (Å²) in [5, 5.41) is 2.55. The van der Waals surface area contributed by atoms with Crippen molar-refractivity contribution in [2.45, 2.75) is 19.8 Å². The van der Waals surface area contributed by atoms with Gasteiger partial charge in [0.25, 0.3) is 0 Å². The molecule has 0 unspecified atom stereocenters. The van der Waals surface area contributed by atoms with Crippen LogP contribution in [0.5, 0.6) is 0 Å². The second-order valence-corrected chi connectivity index (χ2v) is 4.17. The third-order valence-corrected chi connectivity index (χ3v) is 2.54. The molecule has 1 aliphatic rings. The Hall–Kier alpha value is -1.31. The number of hydrogen-bond donors (Lipinski definition) is 0. The molecule has 0 aliphatic carbocycles. The largest absolute Gasteiger partial charge is 0.376 e.